The van der Waals surface area contributed by atoms with Crippen molar-refractivity contribution in [2.24, 2.45) is 0 Å². The van der Waals surface area contributed by atoms with Crippen LogP contribution in [0.2, 0.25) is 0 Å². The molecule has 1 heterocycles. The van der Waals surface area contributed by atoms with Gasteiger partial charge in [0, 0.05) is 6.92 Å². The minimum atomic E-state index is 0.714. The van der Waals surface area contributed by atoms with Crippen molar-refractivity contribution in [1.82, 2.24) is 4.57 Å². The average molecular weight is 152 g/mol. The van der Waals surface area contributed by atoms with Crippen molar-refractivity contribution in [3.63, 3.8) is 0 Å². The third-order valence-electron chi connectivity index (χ3n) is 1.41. The van der Waals surface area contributed by atoms with Crippen molar-refractivity contribution in [3.8, 4) is 0 Å². The molecule has 0 saturated carbocycles. The van der Waals surface area contributed by atoms with E-state index < -0.39 is 0 Å². The molecule has 3 nitrogen and oxygen atoms in total. The van der Waals surface area contributed by atoms with Crippen LogP contribution in [0.4, 0.5) is 0 Å². The smallest absolute Gasteiger partial charge is 0.247 e. The third-order valence-corrected chi connectivity index (χ3v) is 1.41. The van der Waals surface area contributed by atoms with Gasteiger partial charge in [-0.15, -0.1) is 0 Å². The highest BCUT2D eigenvalue weighted by Crippen LogP contribution is 1.96. The molecule has 0 unspecified atom stereocenters. The van der Waals surface area contributed by atoms with E-state index in [1.807, 2.05) is 17.7 Å². The number of hydrogen-bond acceptors (Lipinski definition) is 1. The van der Waals surface area contributed by atoms with Crippen LogP contribution in [0.5, 0.6) is 0 Å². The lowest BCUT2D eigenvalue weighted by Gasteiger charge is -1.95. The molecular weight excluding hydrogens is 140 g/mol. The molecule has 11 heavy (non-hydrogen) atoms. The summed E-state index contributed by atoms with van der Waals surface area (Å²) in [7, 11) is 0. The second kappa shape index (κ2) is 2.78. The van der Waals surface area contributed by atoms with Crippen LogP contribution in [0.25, 0.3) is 0 Å². The summed E-state index contributed by atoms with van der Waals surface area (Å²) >= 11 is 0. The molecule has 0 aliphatic rings. The van der Waals surface area contributed by atoms with E-state index in [1.165, 1.54) is 6.33 Å². The topological polar surface area (TPSA) is 31.9 Å². The van der Waals surface area contributed by atoms with Crippen molar-refractivity contribution in [2.45, 2.75) is 20.4 Å². The number of imidazole rings is 1. The molecule has 0 aromatic carbocycles. The Morgan fingerprint density at radius 1 is 1.82 bits per heavy atom. The van der Waals surface area contributed by atoms with E-state index in [-0.39, 0.29) is 0 Å². The Bertz CT molecular complexity index is 256. The first-order valence-corrected chi connectivity index (χ1v) is 3.49. The molecule has 1 aromatic rings. The molecule has 0 spiro atoms. The van der Waals surface area contributed by atoms with Gasteiger partial charge in [0.2, 0.25) is 6.33 Å². The Balaban J connectivity index is 2.81. The zero-order chi connectivity index (χ0) is 8.43. The number of allylic oxidation sites excluding steroid dienone is 1. The highest BCUT2D eigenvalue weighted by Gasteiger charge is 2.02. The molecule has 0 atom stereocenters. The monoisotopic (exact) mass is 152 g/mol. The highest BCUT2D eigenvalue weighted by atomic mass is 16.5. The quantitative estimate of drug-likeness (QED) is 0.353. The van der Waals surface area contributed by atoms with Gasteiger partial charge < -0.3 is 5.21 Å². The van der Waals surface area contributed by atoms with Crippen molar-refractivity contribution in [2.75, 3.05) is 0 Å². The van der Waals surface area contributed by atoms with Gasteiger partial charge in [0.15, 0.2) is 0 Å². The fourth-order valence-corrected chi connectivity index (χ4v) is 0.954. The van der Waals surface area contributed by atoms with E-state index in [9.17, 15) is 5.21 Å². The Morgan fingerprint density at radius 2 is 2.45 bits per heavy atom. The average Bonchev–Trinajstić information content (AvgIpc) is 2.10. The van der Waals surface area contributed by atoms with Crippen LogP contribution in [0.15, 0.2) is 24.7 Å². The Morgan fingerprint density at radius 3 is 2.82 bits per heavy atom. The first-order chi connectivity index (χ1) is 5.09. The van der Waals surface area contributed by atoms with E-state index in [2.05, 4.69) is 6.58 Å². The highest BCUT2D eigenvalue weighted by molar-refractivity contribution is 4.92. The molecule has 0 saturated heterocycles. The number of aryl methyl sites for hydroxylation is 1. The van der Waals surface area contributed by atoms with Crippen LogP contribution in [-0.2, 0) is 6.54 Å². The minimum absolute atomic E-state index is 0.714. The largest absolute Gasteiger partial charge is 0.711 e. The van der Waals surface area contributed by atoms with Crippen LogP contribution < -0.4 is 4.73 Å². The summed E-state index contributed by atoms with van der Waals surface area (Å²) in [6.07, 6.45) is 3.33. The van der Waals surface area contributed by atoms with Gasteiger partial charge >= 0.3 is 0 Å². The van der Waals surface area contributed by atoms with E-state index in [0.717, 1.165) is 16.8 Å². The van der Waals surface area contributed by atoms with Crippen LogP contribution in [0, 0.1) is 12.1 Å². The summed E-state index contributed by atoms with van der Waals surface area (Å²) in [5.74, 6) is 0. The fourth-order valence-electron chi connectivity index (χ4n) is 0.954. The van der Waals surface area contributed by atoms with E-state index in [1.54, 1.807) is 6.92 Å². The summed E-state index contributed by atoms with van der Waals surface area (Å²) < 4.78 is 2.67. The van der Waals surface area contributed by atoms with Crippen LogP contribution >= 0.6 is 0 Å². The number of nitrogens with zero attached hydrogens (tertiary/aromatic N) is 2. The molecular formula is C8H12N2O. The maximum atomic E-state index is 10.9. The first kappa shape index (κ1) is 7.85. The standard InChI is InChI=1S/C8H12N2O/c1-7(2)4-9-5-8(3)10(11)6-9/h5-6H,1,4H2,2-3H3. The second-order valence-corrected chi connectivity index (χ2v) is 2.84. The van der Waals surface area contributed by atoms with Gasteiger partial charge in [0.25, 0.3) is 0 Å². The molecule has 0 aliphatic carbocycles. The van der Waals surface area contributed by atoms with Gasteiger partial charge in [-0.25, -0.2) is 9.30 Å². The molecule has 60 valence electrons. The maximum Gasteiger partial charge on any atom is 0.247 e. The SMILES string of the molecule is C=C(C)Cn1cc(C)[n+]([O-])c1. The van der Waals surface area contributed by atoms with Gasteiger partial charge in [0.05, 0.1) is 0 Å². The predicted molar refractivity (Wildman–Crippen MR) is 42.9 cm³/mol. The third kappa shape index (κ3) is 1.83. The molecule has 0 fully saturated rings. The number of hydrogen-bond donors (Lipinski definition) is 0. The molecule has 1 rings (SSSR count). The number of rotatable bonds is 2. The van der Waals surface area contributed by atoms with Gasteiger partial charge in [-0.3, -0.25) is 0 Å². The maximum absolute atomic E-state index is 10.9. The molecule has 0 N–H and O–H groups in total. The minimum Gasteiger partial charge on any atom is -0.711 e. The van der Waals surface area contributed by atoms with Crippen molar-refractivity contribution in [3.05, 3.63) is 35.6 Å². The van der Waals surface area contributed by atoms with Gasteiger partial charge in [-0.2, -0.15) is 0 Å². The van der Waals surface area contributed by atoms with Gasteiger partial charge in [-0.1, -0.05) is 6.58 Å². The first-order valence-electron chi connectivity index (χ1n) is 3.49. The molecule has 0 bridgehead atoms. The van der Waals surface area contributed by atoms with Crippen molar-refractivity contribution >= 4 is 0 Å². The zero-order valence-corrected chi connectivity index (χ0v) is 6.87. The predicted octanol–water partition coefficient (Wildman–Crippen LogP) is 1.01. The molecule has 0 aliphatic heterocycles. The Hall–Kier alpha value is -1.25. The fraction of sp³-hybridized carbons (Fsp3) is 0.375. The van der Waals surface area contributed by atoms with Crippen LogP contribution in [0.3, 0.4) is 0 Å². The lowest BCUT2D eigenvalue weighted by atomic mass is 10.3. The summed E-state index contributed by atoms with van der Waals surface area (Å²) in [5, 5.41) is 10.9. The summed E-state index contributed by atoms with van der Waals surface area (Å²) in [4.78, 5) is 0. The van der Waals surface area contributed by atoms with Gasteiger partial charge in [0.1, 0.15) is 18.4 Å². The summed E-state index contributed by atoms with van der Waals surface area (Å²) in [6, 6.07) is 0. The van der Waals surface area contributed by atoms with E-state index >= 15 is 0 Å². The molecule has 0 amide bonds. The zero-order valence-electron chi connectivity index (χ0n) is 6.87. The normalized spacial score (nSPS) is 10.0. The van der Waals surface area contributed by atoms with Gasteiger partial charge in [-0.05, 0) is 12.5 Å². The second-order valence-electron chi connectivity index (χ2n) is 2.84. The lowest BCUT2D eigenvalue weighted by molar-refractivity contribution is -0.611. The summed E-state index contributed by atoms with van der Waals surface area (Å²) in [6.45, 7) is 8.19. The summed E-state index contributed by atoms with van der Waals surface area (Å²) in [5.41, 5.74) is 1.76. The van der Waals surface area contributed by atoms with Crippen molar-refractivity contribution in [1.29, 1.82) is 0 Å². The van der Waals surface area contributed by atoms with Crippen LogP contribution in [0.1, 0.15) is 12.6 Å². The van der Waals surface area contributed by atoms with Crippen molar-refractivity contribution < 1.29 is 4.73 Å². The Kier molecular flexibility index (Phi) is 1.98. The van der Waals surface area contributed by atoms with Crippen LogP contribution in [-0.4, -0.2) is 4.57 Å². The number of aromatic nitrogens is 2. The molecule has 0 radical (unpaired) electrons. The van der Waals surface area contributed by atoms with E-state index in [4.69, 9.17) is 0 Å². The van der Waals surface area contributed by atoms with E-state index in [0.29, 0.717) is 5.69 Å². The lowest BCUT2D eigenvalue weighted by Crippen LogP contribution is -2.25. The molecule has 3 heteroatoms. The molecule has 1 aromatic heterocycles. The Labute approximate surface area is 66.2 Å².